The molecule has 2 N–H and O–H groups in total. The van der Waals surface area contributed by atoms with Crippen molar-refractivity contribution in [3.05, 3.63) is 82.3 Å². The van der Waals surface area contributed by atoms with E-state index < -0.39 is 5.91 Å². The average molecular weight is 344 g/mol. The first-order chi connectivity index (χ1) is 12.6. The van der Waals surface area contributed by atoms with Crippen LogP contribution in [0.25, 0.3) is 21.8 Å². The fourth-order valence-corrected chi connectivity index (χ4v) is 3.02. The number of H-pyrrole nitrogens is 1. The van der Waals surface area contributed by atoms with Gasteiger partial charge in [-0.05, 0) is 18.2 Å². The summed E-state index contributed by atoms with van der Waals surface area (Å²) in [4.78, 5) is 28.1. The van der Waals surface area contributed by atoms with Gasteiger partial charge in [0.1, 0.15) is 5.56 Å². The second kappa shape index (κ2) is 6.33. The summed E-state index contributed by atoms with van der Waals surface area (Å²) in [5, 5.41) is 5.51. The minimum Gasteiger partial charge on any atom is -0.361 e. The van der Waals surface area contributed by atoms with Crippen molar-refractivity contribution in [1.82, 2.24) is 15.0 Å². The van der Waals surface area contributed by atoms with Gasteiger partial charge in [0.05, 0.1) is 11.7 Å². The molecule has 0 fully saturated rings. The van der Waals surface area contributed by atoms with Crippen LogP contribution in [0.1, 0.15) is 15.9 Å². The lowest BCUT2D eigenvalue weighted by Gasteiger charge is -2.07. The van der Waals surface area contributed by atoms with Crippen LogP contribution in [0, 0.1) is 0 Å². The normalized spacial score (nSPS) is 11.4. The number of fused-ring (bicyclic) bond motifs is 2. The number of para-hydroxylation sites is 2. The van der Waals surface area contributed by atoms with Crippen LogP contribution in [0.5, 0.6) is 0 Å². The van der Waals surface area contributed by atoms with Gasteiger partial charge in [0.25, 0.3) is 5.91 Å². The average Bonchev–Trinajstić information content (AvgIpc) is 3.08. The molecule has 6 heteroatoms. The highest BCUT2D eigenvalue weighted by molar-refractivity contribution is 6.01. The highest BCUT2D eigenvalue weighted by Gasteiger charge is 2.13. The first kappa shape index (κ1) is 15.8. The van der Waals surface area contributed by atoms with Gasteiger partial charge in [-0.25, -0.2) is 5.43 Å². The number of hydrogen-bond donors (Lipinski definition) is 2. The van der Waals surface area contributed by atoms with E-state index in [0.29, 0.717) is 5.39 Å². The molecule has 0 unspecified atom stereocenters. The maximum Gasteiger partial charge on any atom is 0.276 e. The van der Waals surface area contributed by atoms with Gasteiger partial charge in [-0.2, -0.15) is 5.10 Å². The fraction of sp³-hybridized carbons (Fsp3) is 0.0500. The molecule has 0 saturated carbocycles. The zero-order valence-electron chi connectivity index (χ0n) is 14.1. The molecule has 0 aliphatic rings. The molecule has 0 aliphatic heterocycles. The number of benzene rings is 2. The number of carbonyl (C=O) groups is 1. The monoisotopic (exact) mass is 344 g/mol. The molecule has 2 aromatic carbocycles. The third-order valence-electron chi connectivity index (χ3n) is 4.33. The summed E-state index contributed by atoms with van der Waals surface area (Å²) >= 11 is 0. The van der Waals surface area contributed by atoms with Crippen molar-refractivity contribution in [2.75, 3.05) is 0 Å². The number of aromatic nitrogens is 2. The van der Waals surface area contributed by atoms with Gasteiger partial charge >= 0.3 is 0 Å². The standard InChI is InChI=1S/C20H16N4O2/c1-24-12-16(19(25)15-7-3-5-9-18(15)24)20(26)23-22-11-13-10-21-17-8-4-2-6-14(13)17/h2-12,21H,1H3,(H,23,26)/b22-11+. The van der Waals surface area contributed by atoms with Crippen LogP contribution in [-0.2, 0) is 7.05 Å². The Morgan fingerprint density at radius 1 is 1.12 bits per heavy atom. The van der Waals surface area contributed by atoms with Crippen molar-refractivity contribution in [1.29, 1.82) is 0 Å². The third kappa shape index (κ3) is 2.67. The number of nitrogens with zero attached hydrogens (tertiary/aromatic N) is 2. The van der Waals surface area contributed by atoms with E-state index in [1.165, 1.54) is 6.20 Å². The number of aryl methyl sites for hydroxylation is 1. The molecule has 2 heterocycles. The van der Waals surface area contributed by atoms with Gasteiger partial charge in [0.15, 0.2) is 0 Å². The number of carbonyl (C=O) groups excluding carboxylic acids is 1. The zero-order chi connectivity index (χ0) is 18.1. The Morgan fingerprint density at radius 3 is 2.69 bits per heavy atom. The molecule has 0 radical (unpaired) electrons. The lowest BCUT2D eigenvalue weighted by atomic mass is 10.1. The van der Waals surface area contributed by atoms with Gasteiger partial charge < -0.3 is 9.55 Å². The number of aromatic amines is 1. The molecule has 0 spiro atoms. The van der Waals surface area contributed by atoms with E-state index in [1.807, 2.05) is 42.6 Å². The molecule has 0 bridgehead atoms. The Balaban J connectivity index is 1.62. The lowest BCUT2D eigenvalue weighted by Crippen LogP contribution is -2.26. The van der Waals surface area contributed by atoms with E-state index in [9.17, 15) is 9.59 Å². The second-order valence-electron chi connectivity index (χ2n) is 5.99. The van der Waals surface area contributed by atoms with Crippen LogP contribution in [0.15, 0.2) is 70.8 Å². The molecular weight excluding hydrogens is 328 g/mol. The lowest BCUT2D eigenvalue weighted by molar-refractivity contribution is 0.0953. The van der Waals surface area contributed by atoms with Crippen LogP contribution in [0.2, 0.25) is 0 Å². The molecule has 26 heavy (non-hydrogen) atoms. The molecule has 4 aromatic rings. The first-order valence-electron chi connectivity index (χ1n) is 8.13. The smallest absolute Gasteiger partial charge is 0.276 e. The number of pyridine rings is 1. The van der Waals surface area contributed by atoms with Gasteiger partial charge in [0.2, 0.25) is 5.43 Å². The van der Waals surface area contributed by atoms with E-state index in [-0.39, 0.29) is 11.0 Å². The van der Waals surface area contributed by atoms with Gasteiger partial charge in [-0.1, -0.05) is 30.3 Å². The van der Waals surface area contributed by atoms with Crippen molar-refractivity contribution in [2.45, 2.75) is 0 Å². The van der Waals surface area contributed by atoms with Crippen molar-refractivity contribution >= 4 is 33.9 Å². The maximum absolute atomic E-state index is 12.6. The molecule has 6 nitrogen and oxygen atoms in total. The Morgan fingerprint density at radius 2 is 1.85 bits per heavy atom. The minimum absolute atomic E-state index is 0.0577. The van der Waals surface area contributed by atoms with Crippen LogP contribution < -0.4 is 10.9 Å². The van der Waals surface area contributed by atoms with Crippen molar-refractivity contribution in [2.24, 2.45) is 12.1 Å². The molecule has 4 rings (SSSR count). The summed E-state index contributed by atoms with van der Waals surface area (Å²) in [6.07, 6.45) is 4.90. The molecule has 0 aliphatic carbocycles. The van der Waals surface area contributed by atoms with Crippen LogP contribution in [0.3, 0.4) is 0 Å². The van der Waals surface area contributed by atoms with E-state index in [4.69, 9.17) is 0 Å². The molecule has 0 saturated heterocycles. The molecule has 128 valence electrons. The summed E-state index contributed by atoms with van der Waals surface area (Å²) in [6.45, 7) is 0. The summed E-state index contributed by atoms with van der Waals surface area (Å²) < 4.78 is 1.76. The number of rotatable bonds is 3. The number of hydrogen-bond acceptors (Lipinski definition) is 3. The number of hydrazone groups is 1. The predicted octanol–water partition coefficient (Wildman–Crippen LogP) is 2.78. The maximum atomic E-state index is 12.6. The van der Waals surface area contributed by atoms with Crippen LogP contribution >= 0.6 is 0 Å². The number of nitrogens with one attached hydrogen (secondary N) is 2. The summed E-state index contributed by atoms with van der Waals surface area (Å²) in [7, 11) is 1.80. The summed E-state index contributed by atoms with van der Waals surface area (Å²) in [6, 6.07) is 15.0. The topological polar surface area (TPSA) is 79.2 Å². The van der Waals surface area contributed by atoms with Crippen LogP contribution in [-0.4, -0.2) is 21.7 Å². The Hall–Kier alpha value is -3.67. The third-order valence-corrected chi connectivity index (χ3v) is 4.33. The van der Waals surface area contributed by atoms with Crippen molar-refractivity contribution in [3.63, 3.8) is 0 Å². The van der Waals surface area contributed by atoms with E-state index >= 15 is 0 Å². The van der Waals surface area contributed by atoms with Crippen LogP contribution in [0.4, 0.5) is 0 Å². The van der Waals surface area contributed by atoms with Gasteiger partial charge in [-0.15, -0.1) is 0 Å². The molecular formula is C20H16N4O2. The largest absolute Gasteiger partial charge is 0.361 e. The Labute approximate surface area is 148 Å². The SMILES string of the molecule is Cn1cc(C(=O)N/N=C/c2c[nH]c3ccccc23)c(=O)c2ccccc21. The predicted molar refractivity (Wildman–Crippen MR) is 103 cm³/mol. The zero-order valence-corrected chi connectivity index (χ0v) is 14.1. The van der Waals surface area contributed by atoms with Crippen molar-refractivity contribution in [3.8, 4) is 0 Å². The van der Waals surface area contributed by atoms with Crippen molar-refractivity contribution < 1.29 is 4.79 Å². The summed E-state index contributed by atoms with van der Waals surface area (Å²) in [5.41, 5.74) is 4.81. The molecule has 2 aromatic heterocycles. The van der Waals surface area contributed by atoms with E-state index in [1.54, 1.807) is 30.0 Å². The summed E-state index contributed by atoms with van der Waals surface area (Å²) in [5.74, 6) is -0.535. The fourth-order valence-electron chi connectivity index (χ4n) is 3.02. The molecule has 0 atom stereocenters. The Kier molecular flexibility index (Phi) is 3.85. The first-order valence-corrected chi connectivity index (χ1v) is 8.13. The molecule has 1 amide bonds. The second-order valence-corrected chi connectivity index (χ2v) is 5.99. The highest BCUT2D eigenvalue weighted by Crippen LogP contribution is 2.15. The number of amides is 1. The minimum atomic E-state index is -0.535. The quantitative estimate of drug-likeness (QED) is 0.443. The highest BCUT2D eigenvalue weighted by atomic mass is 16.2. The van der Waals surface area contributed by atoms with Gasteiger partial charge in [0, 0.05) is 41.3 Å². The van der Waals surface area contributed by atoms with Gasteiger partial charge in [-0.3, -0.25) is 9.59 Å². The Bertz CT molecular complexity index is 1220. The van der Waals surface area contributed by atoms with E-state index in [0.717, 1.165) is 22.0 Å². The van der Waals surface area contributed by atoms with E-state index in [2.05, 4.69) is 15.5 Å².